The van der Waals surface area contributed by atoms with Gasteiger partial charge in [0.15, 0.2) is 0 Å². The molecule has 0 spiro atoms. The van der Waals surface area contributed by atoms with E-state index in [2.05, 4.69) is 9.71 Å². The molecular formula is C17H24ClN5O4S. The van der Waals surface area contributed by atoms with Gasteiger partial charge in [0.2, 0.25) is 15.9 Å². The maximum absolute atomic E-state index is 12.4. The van der Waals surface area contributed by atoms with Gasteiger partial charge in [-0.2, -0.15) is 0 Å². The van der Waals surface area contributed by atoms with E-state index in [4.69, 9.17) is 11.5 Å². The average molecular weight is 430 g/mol. The predicted octanol–water partition coefficient (Wildman–Crippen LogP) is -0.156. The summed E-state index contributed by atoms with van der Waals surface area (Å²) in [6, 6.07) is 10.8. The molecule has 0 aliphatic heterocycles. The second-order valence-electron chi connectivity index (χ2n) is 5.84. The molecule has 0 saturated carbocycles. The van der Waals surface area contributed by atoms with Crippen molar-refractivity contribution < 1.29 is 18.0 Å². The summed E-state index contributed by atoms with van der Waals surface area (Å²) >= 11 is 0. The molecule has 6 N–H and O–H groups in total. The smallest absolute Gasteiger partial charge is 0.265 e. The molecule has 1 aromatic carbocycles. The first kappa shape index (κ1) is 23.6. The molecular weight excluding hydrogens is 406 g/mol. The lowest BCUT2D eigenvalue weighted by molar-refractivity contribution is -0.129. The first-order chi connectivity index (χ1) is 12.8. The summed E-state index contributed by atoms with van der Waals surface area (Å²) in [5.74, 6) is -1.16. The van der Waals surface area contributed by atoms with Crippen LogP contribution >= 0.6 is 12.4 Å². The van der Waals surface area contributed by atoms with Gasteiger partial charge < -0.3 is 21.4 Å². The van der Waals surface area contributed by atoms with Crippen LogP contribution in [0.3, 0.4) is 0 Å². The molecule has 0 fully saturated rings. The zero-order valence-electron chi connectivity index (χ0n) is 15.1. The summed E-state index contributed by atoms with van der Waals surface area (Å²) in [4.78, 5) is 27.3. The molecule has 1 aromatic heterocycles. The second kappa shape index (κ2) is 10.8. The molecule has 2 aromatic rings. The Labute approximate surface area is 169 Å². The monoisotopic (exact) mass is 429 g/mol. The number of nitrogens with zero attached hydrogens (tertiary/aromatic N) is 1. The number of hydrogen-bond donors (Lipinski definition) is 4. The predicted molar refractivity (Wildman–Crippen MR) is 108 cm³/mol. The Balaban J connectivity index is 0.00000392. The van der Waals surface area contributed by atoms with Crippen molar-refractivity contribution in [1.82, 2.24) is 14.6 Å². The second-order valence-corrected chi connectivity index (χ2v) is 7.61. The number of nitrogens with one attached hydrogen (secondary N) is 2. The molecule has 0 bridgehead atoms. The van der Waals surface area contributed by atoms with Crippen LogP contribution in [0.1, 0.15) is 16.1 Å². The number of halogens is 1. The Morgan fingerprint density at radius 3 is 2.39 bits per heavy atom. The zero-order valence-corrected chi connectivity index (χ0v) is 16.8. The third-order valence-electron chi connectivity index (χ3n) is 3.91. The summed E-state index contributed by atoms with van der Waals surface area (Å²) in [6.45, 7) is 0.613. The number of aromatic nitrogens is 1. The van der Waals surface area contributed by atoms with E-state index in [1.165, 1.54) is 4.90 Å². The fraction of sp³-hybridized carbons (Fsp3) is 0.294. The number of primary amides is 1. The number of carbonyl (C=O) groups is 2. The van der Waals surface area contributed by atoms with E-state index >= 15 is 0 Å². The quantitative estimate of drug-likeness (QED) is 0.413. The van der Waals surface area contributed by atoms with E-state index in [0.717, 1.165) is 17.8 Å². The molecule has 9 nitrogen and oxygen atoms in total. The summed E-state index contributed by atoms with van der Waals surface area (Å²) in [6.07, 6.45) is 1.78. The third-order valence-corrected chi connectivity index (χ3v) is 5.29. The van der Waals surface area contributed by atoms with Crippen molar-refractivity contribution in [1.29, 1.82) is 0 Å². The van der Waals surface area contributed by atoms with Gasteiger partial charge in [0.05, 0.1) is 6.54 Å². The Hall–Kier alpha value is -2.40. The molecule has 28 heavy (non-hydrogen) atoms. The Kier molecular flexibility index (Phi) is 9.13. The van der Waals surface area contributed by atoms with Crippen LogP contribution in [-0.4, -0.2) is 56.3 Å². The molecule has 154 valence electrons. The lowest BCUT2D eigenvalue weighted by Crippen LogP contribution is -2.43. The van der Waals surface area contributed by atoms with Crippen LogP contribution in [0.4, 0.5) is 0 Å². The van der Waals surface area contributed by atoms with Gasteiger partial charge >= 0.3 is 0 Å². The number of carbonyl (C=O) groups excluding carboxylic acids is 2. The van der Waals surface area contributed by atoms with Gasteiger partial charge in [-0.05, 0) is 18.1 Å². The lowest BCUT2D eigenvalue weighted by atomic mass is 10.1. The van der Waals surface area contributed by atoms with Crippen molar-refractivity contribution in [3.63, 3.8) is 0 Å². The van der Waals surface area contributed by atoms with E-state index in [0.29, 0.717) is 19.5 Å². The van der Waals surface area contributed by atoms with Crippen LogP contribution in [0.5, 0.6) is 0 Å². The van der Waals surface area contributed by atoms with Crippen molar-refractivity contribution in [2.45, 2.75) is 11.3 Å². The molecule has 0 radical (unpaired) electrons. The number of benzene rings is 1. The first-order valence-electron chi connectivity index (χ1n) is 8.33. The molecule has 0 aliphatic carbocycles. The van der Waals surface area contributed by atoms with Crippen LogP contribution in [0.2, 0.25) is 0 Å². The van der Waals surface area contributed by atoms with Crippen LogP contribution < -0.4 is 16.2 Å². The lowest BCUT2D eigenvalue weighted by Gasteiger charge is -2.22. The highest BCUT2D eigenvalue weighted by atomic mass is 35.5. The van der Waals surface area contributed by atoms with Crippen molar-refractivity contribution in [3.8, 4) is 0 Å². The normalized spacial score (nSPS) is 10.9. The summed E-state index contributed by atoms with van der Waals surface area (Å²) < 4.78 is 26.7. The van der Waals surface area contributed by atoms with Gasteiger partial charge in [-0.25, -0.2) is 13.1 Å². The van der Waals surface area contributed by atoms with Crippen LogP contribution in [-0.2, 0) is 21.2 Å². The van der Waals surface area contributed by atoms with Gasteiger partial charge in [0, 0.05) is 25.8 Å². The van der Waals surface area contributed by atoms with Crippen molar-refractivity contribution in [2.75, 3.05) is 26.2 Å². The van der Waals surface area contributed by atoms with Crippen LogP contribution in [0, 0.1) is 0 Å². The van der Waals surface area contributed by atoms with E-state index < -0.39 is 22.5 Å². The van der Waals surface area contributed by atoms with Gasteiger partial charge in [-0.1, -0.05) is 30.3 Å². The zero-order chi connectivity index (χ0) is 19.9. The third kappa shape index (κ3) is 6.64. The van der Waals surface area contributed by atoms with E-state index in [1.807, 2.05) is 30.3 Å². The summed E-state index contributed by atoms with van der Waals surface area (Å²) in [5, 5.41) is 0. The minimum Gasteiger partial charge on any atom is -0.364 e. The van der Waals surface area contributed by atoms with Gasteiger partial charge in [0.25, 0.3) is 5.91 Å². The topological polar surface area (TPSA) is 151 Å². The number of sulfonamides is 1. The van der Waals surface area contributed by atoms with E-state index in [1.54, 1.807) is 0 Å². The number of aromatic amines is 1. The van der Waals surface area contributed by atoms with Gasteiger partial charge in [0.1, 0.15) is 10.6 Å². The number of H-pyrrole nitrogens is 1. The van der Waals surface area contributed by atoms with Crippen LogP contribution in [0.25, 0.3) is 0 Å². The average Bonchev–Trinajstić information content (AvgIpc) is 3.15. The molecule has 2 amide bonds. The molecule has 2 rings (SSSR count). The number of nitrogens with two attached hydrogens (primary N) is 2. The van der Waals surface area contributed by atoms with Crippen molar-refractivity contribution in [2.24, 2.45) is 11.5 Å². The largest absolute Gasteiger partial charge is 0.364 e. The Bertz CT molecular complexity index is 886. The highest BCUT2D eigenvalue weighted by molar-refractivity contribution is 7.89. The number of amides is 2. The Morgan fingerprint density at radius 1 is 1.14 bits per heavy atom. The molecule has 0 aliphatic rings. The van der Waals surface area contributed by atoms with E-state index in [-0.39, 0.29) is 35.4 Å². The first-order valence-corrected chi connectivity index (χ1v) is 9.81. The standard InChI is InChI=1S/C17H23N5O4S.ClH/c18-7-9-22(8-6-13-4-2-1-3-5-13)16(23)12-21-27(25,26)14-10-15(17(19)24)20-11-14;/h1-5,10-11,20-21H,6-9,12,18H2,(H2,19,24);1H. The molecule has 0 atom stereocenters. The minimum atomic E-state index is -3.95. The maximum atomic E-state index is 12.4. The molecule has 0 unspecified atom stereocenters. The van der Waals surface area contributed by atoms with Crippen LogP contribution in [0.15, 0.2) is 47.5 Å². The van der Waals surface area contributed by atoms with Gasteiger partial charge in [-0.15, -0.1) is 12.4 Å². The summed E-state index contributed by atoms with van der Waals surface area (Å²) in [5.41, 5.74) is 11.7. The molecule has 11 heteroatoms. The SMILES string of the molecule is Cl.NCCN(CCc1ccccc1)C(=O)CNS(=O)(=O)c1c[nH]c(C(N)=O)c1. The minimum absolute atomic E-state index is 0. The van der Waals surface area contributed by atoms with E-state index in [9.17, 15) is 18.0 Å². The maximum Gasteiger partial charge on any atom is 0.265 e. The Morgan fingerprint density at radius 2 is 1.82 bits per heavy atom. The fourth-order valence-corrected chi connectivity index (χ4v) is 3.42. The van der Waals surface area contributed by atoms with Crippen molar-refractivity contribution in [3.05, 3.63) is 53.9 Å². The summed E-state index contributed by atoms with van der Waals surface area (Å²) in [7, 11) is -3.95. The number of hydrogen-bond acceptors (Lipinski definition) is 5. The van der Waals surface area contributed by atoms with Gasteiger partial charge in [-0.3, -0.25) is 9.59 Å². The number of rotatable bonds is 10. The van der Waals surface area contributed by atoms with Crippen molar-refractivity contribution >= 4 is 34.2 Å². The molecule has 0 saturated heterocycles. The fourth-order valence-electron chi connectivity index (χ4n) is 2.45. The molecule has 1 heterocycles. The highest BCUT2D eigenvalue weighted by Crippen LogP contribution is 2.10. The highest BCUT2D eigenvalue weighted by Gasteiger charge is 2.20.